The molecule has 4 rings (SSSR count). The quantitative estimate of drug-likeness (QED) is 0.692. The molecule has 0 N–H and O–H groups in total. The highest BCUT2D eigenvalue weighted by atomic mass is 32.1. The van der Waals surface area contributed by atoms with Crippen LogP contribution in [-0.4, -0.2) is 50.7 Å². The van der Waals surface area contributed by atoms with Gasteiger partial charge in [-0.2, -0.15) is 0 Å². The van der Waals surface area contributed by atoms with Crippen molar-refractivity contribution in [3.05, 3.63) is 40.1 Å². The number of nitrogens with zero attached hydrogens (tertiary/aromatic N) is 6. The Morgan fingerprint density at radius 3 is 2.67 bits per heavy atom. The summed E-state index contributed by atoms with van der Waals surface area (Å²) in [6.45, 7) is 13.7. The van der Waals surface area contributed by atoms with Crippen molar-refractivity contribution in [2.24, 2.45) is 0 Å². The number of imidazole rings is 1. The van der Waals surface area contributed by atoms with Crippen LogP contribution in [0, 0.1) is 6.92 Å². The molecule has 0 saturated carbocycles. The lowest BCUT2D eigenvalue weighted by atomic mass is 9.93. The fourth-order valence-corrected chi connectivity index (χ4v) is 4.07. The zero-order valence-electron chi connectivity index (χ0n) is 16.6. The summed E-state index contributed by atoms with van der Waals surface area (Å²) in [4.78, 5) is 14.2. The zero-order valence-corrected chi connectivity index (χ0v) is 17.5. The predicted molar refractivity (Wildman–Crippen MR) is 111 cm³/mol. The molecular weight excluding hydrogens is 356 g/mol. The van der Waals surface area contributed by atoms with E-state index in [2.05, 4.69) is 66.2 Å². The molecule has 144 valence electrons. The summed E-state index contributed by atoms with van der Waals surface area (Å²) >= 11 is 1.73. The summed E-state index contributed by atoms with van der Waals surface area (Å²) < 4.78 is 1.93. The summed E-state index contributed by atoms with van der Waals surface area (Å²) in [7, 11) is 0. The maximum atomic E-state index is 4.84. The number of aromatic nitrogens is 4. The highest BCUT2D eigenvalue weighted by molar-refractivity contribution is 7.09. The first kappa shape index (κ1) is 18.4. The van der Waals surface area contributed by atoms with Crippen molar-refractivity contribution in [1.82, 2.24) is 24.5 Å². The van der Waals surface area contributed by atoms with E-state index in [0.717, 1.165) is 61.3 Å². The standard InChI is InChI=1S/C20H28N6S/c1-15-21-16(14-27-15)12-24-8-5-9-25(11-10-24)19-7-6-18-22-17(20(2,3)4)13-26(18)23-19/h6-7,13-14H,5,8-12H2,1-4H3. The summed E-state index contributed by atoms with van der Waals surface area (Å²) in [5.41, 5.74) is 3.22. The molecule has 0 spiro atoms. The molecule has 0 aromatic carbocycles. The molecule has 3 aromatic heterocycles. The van der Waals surface area contributed by atoms with Crippen LogP contribution in [0.15, 0.2) is 23.7 Å². The third kappa shape index (κ3) is 4.14. The van der Waals surface area contributed by atoms with E-state index in [9.17, 15) is 0 Å². The van der Waals surface area contributed by atoms with Crippen molar-refractivity contribution in [2.75, 3.05) is 31.1 Å². The molecule has 0 amide bonds. The normalized spacial score (nSPS) is 16.8. The van der Waals surface area contributed by atoms with Gasteiger partial charge < -0.3 is 4.90 Å². The third-order valence-corrected chi connectivity index (χ3v) is 5.86. The van der Waals surface area contributed by atoms with Crippen LogP contribution in [-0.2, 0) is 12.0 Å². The highest BCUT2D eigenvalue weighted by Gasteiger charge is 2.20. The molecule has 27 heavy (non-hydrogen) atoms. The first-order valence-electron chi connectivity index (χ1n) is 9.64. The molecule has 1 saturated heterocycles. The Kier molecular flexibility index (Phi) is 4.90. The summed E-state index contributed by atoms with van der Waals surface area (Å²) in [6.07, 6.45) is 3.20. The van der Waals surface area contributed by atoms with Gasteiger partial charge in [0.25, 0.3) is 0 Å². The van der Waals surface area contributed by atoms with E-state index in [0.29, 0.717) is 0 Å². The Labute approximate surface area is 164 Å². The lowest BCUT2D eigenvalue weighted by molar-refractivity contribution is 0.282. The van der Waals surface area contributed by atoms with Crippen LogP contribution in [0.5, 0.6) is 0 Å². The summed E-state index contributed by atoms with van der Waals surface area (Å²) in [5, 5.41) is 8.17. The Balaban J connectivity index is 1.47. The SMILES string of the molecule is Cc1nc(CN2CCCN(c3ccc4nc(C(C)(C)C)cn4n3)CC2)cs1. The van der Waals surface area contributed by atoms with Crippen LogP contribution in [0.4, 0.5) is 5.82 Å². The van der Waals surface area contributed by atoms with Crippen LogP contribution >= 0.6 is 11.3 Å². The second-order valence-electron chi connectivity index (χ2n) is 8.35. The smallest absolute Gasteiger partial charge is 0.153 e. The van der Waals surface area contributed by atoms with Gasteiger partial charge in [0.15, 0.2) is 5.65 Å². The molecule has 0 unspecified atom stereocenters. The van der Waals surface area contributed by atoms with Gasteiger partial charge in [-0.05, 0) is 25.5 Å². The monoisotopic (exact) mass is 384 g/mol. The van der Waals surface area contributed by atoms with Crippen LogP contribution in [0.25, 0.3) is 5.65 Å². The number of fused-ring (bicyclic) bond motifs is 1. The van der Waals surface area contributed by atoms with Crippen molar-refractivity contribution < 1.29 is 0 Å². The molecule has 1 fully saturated rings. The van der Waals surface area contributed by atoms with Gasteiger partial charge >= 0.3 is 0 Å². The predicted octanol–water partition coefficient (Wildman–Crippen LogP) is 3.50. The minimum atomic E-state index is 0.0328. The topological polar surface area (TPSA) is 49.6 Å². The average molecular weight is 385 g/mol. The van der Waals surface area contributed by atoms with E-state index in [4.69, 9.17) is 10.1 Å². The van der Waals surface area contributed by atoms with Gasteiger partial charge in [0.1, 0.15) is 5.82 Å². The van der Waals surface area contributed by atoms with Crippen LogP contribution in [0.3, 0.4) is 0 Å². The van der Waals surface area contributed by atoms with E-state index in [-0.39, 0.29) is 5.41 Å². The molecule has 6 nitrogen and oxygen atoms in total. The molecule has 0 atom stereocenters. The summed E-state index contributed by atoms with van der Waals surface area (Å²) in [6, 6.07) is 4.19. The van der Waals surface area contributed by atoms with Crippen molar-refractivity contribution >= 4 is 22.8 Å². The molecule has 4 heterocycles. The number of hydrogen-bond donors (Lipinski definition) is 0. The lowest BCUT2D eigenvalue weighted by Crippen LogP contribution is -2.31. The van der Waals surface area contributed by atoms with E-state index < -0.39 is 0 Å². The lowest BCUT2D eigenvalue weighted by Gasteiger charge is -2.22. The Morgan fingerprint density at radius 1 is 1.07 bits per heavy atom. The fraction of sp³-hybridized carbons (Fsp3) is 0.550. The van der Waals surface area contributed by atoms with Gasteiger partial charge in [-0.1, -0.05) is 20.8 Å². The molecule has 0 aliphatic carbocycles. The second-order valence-corrected chi connectivity index (χ2v) is 9.41. The number of aryl methyl sites for hydroxylation is 1. The van der Waals surface area contributed by atoms with Gasteiger partial charge in [0.05, 0.1) is 22.6 Å². The van der Waals surface area contributed by atoms with E-state index in [1.165, 1.54) is 5.69 Å². The molecule has 0 bridgehead atoms. The van der Waals surface area contributed by atoms with Crippen LogP contribution in [0.2, 0.25) is 0 Å². The Morgan fingerprint density at radius 2 is 1.93 bits per heavy atom. The minimum Gasteiger partial charge on any atom is -0.354 e. The van der Waals surface area contributed by atoms with Crippen molar-refractivity contribution in [3.63, 3.8) is 0 Å². The third-order valence-electron chi connectivity index (χ3n) is 5.04. The van der Waals surface area contributed by atoms with Crippen molar-refractivity contribution in [3.8, 4) is 0 Å². The minimum absolute atomic E-state index is 0.0328. The van der Waals surface area contributed by atoms with Gasteiger partial charge in [-0.15, -0.1) is 16.4 Å². The van der Waals surface area contributed by atoms with E-state index >= 15 is 0 Å². The second kappa shape index (κ2) is 7.20. The largest absolute Gasteiger partial charge is 0.354 e. The highest BCUT2D eigenvalue weighted by Crippen LogP contribution is 2.22. The molecular formula is C20H28N6S. The van der Waals surface area contributed by atoms with E-state index in [1.807, 2.05) is 4.52 Å². The van der Waals surface area contributed by atoms with Crippen LogP contribution in [0.1, 0.15) is 43.6 Å². The van der Waals surface area contributed by atoms with Gasteiger partial charge in [-0.25, -0.2) is 14.5 Å². The zero-order chi connectivity index (χ0) is 19.0. The molecule has 7 heteroatoms. The van der Waals surface area contributed by atoms with Gasteiger partial charge in [0, 0.05) is 43.5 Å². The van der Waals surface area contributed by atoms with Crippen molar-refractivity contribution in [1.29, 1.82) is 0 Å². The molecule has 0 radical (unpaired) electrons. The van der Waals surface area contributed by atoms with Crippen molar-refractivity contribution in [2.45, 2.75) is 46.1 Å². The number of hydrogen-bond acceptors (Lipinski definition) is 6. The Hall–Kier alpha value is -1.99. The average Bonchev–Trinajstić information content (AvgIpc) is 3.15. The summed E-state index contributed by atoms with van der Waals surface area (Å²) in [5.74, 6) is 1.03. The van der Waals surface area contributed by atoms with Crippen LogP contribution < -0.4 is 4.90 Å². The maximum absolute atomic E-state index is 4.84. The first-order chi connectivity index (χ1) is 12.9. The van der Waals surface area contributed by atoms with E-state index in [1.54, 1.807) is 11.3 Å². The molecule has 3 aromatic rings. The molecule has 1 aliphatic heterocycles. The maximum Gasteiger partial charge on any atom is 0.153 e. The molecule has 1 aliphatic rings. The van der Waals surface area contributed by atoms with Gasteiger partial charge in [0.2, 0.25) is 0 Å². The van der Waals surface area contributed by atoms with Gasteiger partial charge in [-0.3, -0.25) is 4.90 Å². The number of thiazole rings is 1. The fourth-order valence-electron chi connectivity index (χ4n) is 3.47. The number of rotatable bonds is 3. The Bertz CT molecular complexity index is 922. The first-order valence-corrected chi connectivity index (χ1v) is 10.5. The number of anilines is 1.